The number of carbonyl (C=O) groups excluding carboxylic acids is 1. The minimum absolute atomic E-state index is 0.201. The molecular weight excluding hydrogens is 340 g/mol. The van der Waals surface area contributed by atoms with Crippen LogP contribution in [0.1, 0.15) is 38.2 Å². The van der Waals surface area contributed by atoms with Crippen LogP contribution in [0, 0.1) is 5.41 Å². The fourth-order valence-electron chi connectivity index (χ4n) is 3.83. The van der Waals surface area contributed by atoms with Crippen LogP contribution in [-0.2, 0) is 11.3 Å². The number of aliphatic imine (C=N–C) groups is 1. The molecule has 6 nitrogen and oxygen atoms in total. The highest BCUT2D eigenvalue weighted by Gasteiger charge is 2.42. The maximum atomic E-state index is 12.8. The van der Waals surface area contributed by atoms with Gasteiger partial charge in [-0.2, -0.15) is 0 Å². The van der Waals surface area contributed by atoms with Crippen molar-refractivity contribution < 1.29 is 9.53 Å². The van der Waals surface area contributed by atoms with Gasteiger partial charge in [-0.3, -0.25) is 9.79 Å². The number of nitrogens with one attached hydrogen (secondary N) is 1. The molecule has 1 fully saturated rings. The van der Waals surface area contributed by atoms with Crippen molar-refractivity contribution in [3.8, 4) is 5.75 Å². The number of guanidine groups is 1. The topological polar surface area (TPSA) is 57.2 Å². The van der Waals surface area contributed by atoms with Crippen molar-refractivity contribution in [2.24, 2.45) is 10.4 Å². The van der Waals surface area contributed by atoms with Crippen LogP contribution in [0.25, 0.3) is 0 Å². The van der Waals surface area contributed by atoms with Crippen molar-refractivity contribution in [2.75, 3.05) is 41.3 Å². The molecule has 6 heteroatoms. The highest BCUT2D eigenvalue weighted by Crippen LogP contribution is 2.39. The smallest absolute Gasteiger partial charge is 0.230 e. The van der Waals surface area contributed by atoms with E-state index in [2.05, 4.69) is 23.2 Å². The SMILES string of the molecule is CCNC(=NCC1(C(=O)N(C)C)CCCC1)N(C)Cc1ccccc1OC. The maximum Gasteiger partial charge on any atom is 0.230 e. The standard InChI is InChI=1S/C21H34N4O2/c1-6-22-20(25(4)15-17-11-7-8-12-18(17)27-5)23-16-21(13-9-10-14-21)19(26)24(2)3/h7-8,11-12H,6,9-10,13-16H2,1-5H3,(H,22,23). The van der Waals surface area contributed by atoms with Gasteiger partial charge in [-0.1, -0.05) is 31.0 Å². The monoisotopic (exact) mass is 374 g/mol. The molecule has 1 aromatic carbocycles. The minimum Gasteiger partial charge on any atom is -0.496 e. The summed E-state index contributed by atoms with van der Waals surface area (Å²) in [5, 5.41) is 3.36. The molecule has 1 aromatic rings. The second-order valence-corrected chi connectivity index (χ2v) is 7.53. The van der Waals surface area contributed by atoms with Crippen molar-refractivity contribution in [3.63, 3.8) is 0 Å². The number of methoxy groups -OCH3 is 1. The Morgan fingerprint density at radius 2 is 1.89 bits per heavy atom. The highest BCUT2D eigenvalue weighted by molar-refractivity contribution is 5.84. The Bertz CT molecular complexity index is 651. The molecule has 1 N–H and O–H groups in total. The molecule has 0 heterocycles. The van der Waals surface area contributed by atoms with Gasteiger partial charge in [0.05, 0.1) is 19.1 Å². The Hall–Kier alpha value is -2.24. The molecule has 0 unspecified atom stereocenters. The number of hydrogen-bond donors (Lipinski definition) is 1. The molecule has 150 valence electrons. The molecule has 0 aliphatic heterocycles. The van der Waals surface area contributed by atoms with Gasteiger partial charge in [0.1, 0.15) is 5.75 Å². The Morgan fingerprint density at radius 1 is 1.22 bits per heavy atom. The largest absolute Gasteiger partial charge is 0.496 e. The molecule has 0 atom stereocenters. The third-order valence-corrected chi connectivity index (χ3v) is 5.25. The van der Waals surface area contributed by atoms with Crippen molar-refractivity contribution in [2.45, 2.75) is 39.2 Å². The number of rotatable bonds is 7. The fraction of sp³-hybridized carbons (Fsp3) is 0.619. The molecule has 1 saturated carbocycles. The third kappa shape index (κ3) is 5.15. The minimum atomic E-state index is -0.352. The van der Waals surface area contributed by atoms with Gasteiger partial charge in [0, 0.05) is 39.8 Å². The summed E-state index contributed by atoms with van der Waals surface area (Å²) in [6.07, 6.45) is 4.04. The van der Waals surface area contributed by atoms with E-state index < -0.39 is 0 Å². The molecule has 0 bridgehead atoms. The van der Waals surface area contributed by atoms with Gasteiger partial charge in [-0.25, -0.2) is 0 Å². The van der Waals surface area contributed by atoms with E-state index in [0.29, 0.717) is 13.1 Å². The normalized spacial score (nSPS) is 16.1. The molecule has 1 aliphatic carbocycles. The number of para-hydroxylation sites is 1. The number of amides is 1. The first kappa shape index (κ1) is 21.1. The molecule has 0 aromatic heterocycles. The van der Waals surface area contributed by atoms with Gasteiger partial charge in [0.2, 0.25) is 5.91 Å². The highest BCUT2D eigenvalue weighted by atomic mass is 16.5. The van der Waals surface area contributed by atoms with Gasteiger partial charge in [0.25, 0.3) is 0 Å². The van der Waals surface area contributed by atoms with Gasteiger partial charge < -0.3 is 19.9 Å². The lowest BCUT2D eigenvalue weighted by molar-refractivity contribution is -0.138. The summed E-state index contributed by atoms with van der Waals surface area (Å²) in [4.78, 5) is 21.5. The third-order valence-electron chi connectivity index (χ3n) is 5.25. The van der Waals surface area contributed by atoms with E-state index in [-0.39, 0.29) is 11.3 Å². The van der Waals surface area contributed by atoms with Crippen LogP contribution in [0.3, 0.4) is 0 Å². The summed E-state index contributed by atoms with van der Waals surface area (Å²) < 4.78 is 5.46. The average Bonchev–Trinajstić information content (AvgIpc) is 3.14. The summed E-state index contributed by atoms with van der Waals surface area (Å²) in [6.45, 7) is 4.06. The molecule has 2 rings (SSSR count). The average molecular weight is 375 g/mol. The van der Waals surface area contributed by atoms with Crippen molar-refractivity contribution in [1.82, 2.24) is 15.1 Å². The van der Waals surface area contributed by atoms with E-state index in [1.165, 1.54) is 0 Å². The van der Waals surface area contributed by atoms with Crippen LogP contribution in [-0.4, -0.2) is 63.0 Å². The second-order valence-electron chi connectivity index (χ2n) is 7.53. The number of nitrogens with zero attached hydrogens (tertiary/aromatic N) is 3. The Morgan fingerprint density at radius 3 is 2.48 bits per heavy atom. The van der Waals surface area contributed by atoms with E-state index in [0.717, 1.165) is 49.5 Å². The molecule has 0 spiro atoms. The van der Waals surface area contributed by atoms with Gasteiger partial charge in [-0.15, -0.1) is 0 Å². The van der Waals surface area contributed by atoms with Crippen molar-refractivity contribution in [1.29, 1.82) is 0 Å². The van der Waals surface area contributed by atoms with E-state index in [1.54, 1.807) is 12.0 Å². The predicted octanol–water partition coefficient (Wildman–Crippen LogP) is 2.74. The Balaban J connectivity index is 2.18. The van der Waals surface area contributed by atoms with E-state index in [9.17, 15) is 4.79 Å². The zero-order valence-corrected chi connectivity index (χ0v) is 17.4. The van der Waals surface area contributed by atoms with E-state index in [4.69, 9.17) is 9.73 Å². The van der Waals surface area contributed by atoms with Crippen molar-refractivity contribution in [3.05, 3.63) is 29.8 Å². The van der Waals surface area contributed by atoms with Crippen molar-refractivity contribution >= 4 is 11.9 Å². The first-order chi connectivity index (χ1) is 12.9. The molecule has 27 heavy (non-hydrogen) atoms. The van der Waals surface area contributed by atoms with Gasteiger partial charge >= 0.3 is 0 Å². The lowest BCUT2D eigenvalue weighted by Crippen LogP contribution is -2.43. The van der Waals surface area contributed by atoms with Crippen LogP contribution in [0.2, 0.25) is 0 Å². The Kier molecular flexibility index (Phi) is 7.51. The number of carbonyl (C=O) groups is 1. The maximum absolute atomic E-state index is 12.8. The molecule has 1 amide bonds. The second kappa shape index (κ2) is 9.62. The summed E-state index contributed by atoms with van der Waals surface area (Å²) in [7, 11) is 7.38. The van der Waals surface area contributed by atoms with Crippen LogP contribution < -0.4 is 10.1 Å². The lowest BCUT2D eigenvalue weighted by atomic mass is 9.85. The van der Waals surface area contributed by atoms with Crippen LogP contribution in [0.4, 0.5) is 0 Å². The quantitative estimate of drug-likeness (QED) is 0.589. The van der Waals surface area contributed by atoms with E-state index >= 15 is 0 Å². The zero-order chi connectivity index (χ0) is 19.9. The predicted molar refractivity (Wildman–Crippen MR) is 110 cm³/mol. The Labute approximate surface area is 163 Å². The van der Waals surface area contributed by atoms with Crippen LogP contribution >= 0.6 is 0 Å². The summed E-state index contributed by atoms with van der Waals surface area (Å²) in [5.41, 5.74) is 0.753. The van der Waals surface area contributed by atoms with Crippen LogP contribution in [0.15, 0.2) is 29.3 Å². The van der Waals surface area contributed by atoms with Gasteiger partial charge in [0.15, 0.2) is 5.96 Å². The summed E-state index contributed by atoms with van der Waals surface area (Å²) in [6, 6.07) is 8.01. The number of hydrogen-bond acceptors (Lipinski definition) is 3. The lowest BCUT2D eigenvalue weighted by Gasteiger charge is -2.30. The zero-order valence-electron chi connectivity index (χ0n) is 17.4. The molecule has 0 saturated heterocycles. The number of ether oxygens (including phenoxy) is 1. The number of benzene rings is 1. The first-order valence-electron chi connectivity index (χ1n) is 9.76. The molecular formula is C21H34N4O2. The molecule has 1 aliphatic rings. The summed E-state index contributed by atoms with van der Waals surface area (Å²) >= 11 is 0. The van der Waals surface area contributed by atoms with Crippen LogP contribution in [0.5, 0.6) is 5.75 Å². The summed E-state index contributed by atoms with van der Waals surface area (Å²) in [5.74, 6) is 1.89. The van der Waals surface area contributed by atoms with Gasteiger partial charge in [-0.05, 0) is 25.8 Å². The molecule has 0 radical (unpaired) electrons. The first-order valence-corrected chi connectivity index (χ1v) is 9.76. The van der Waals surface area contributed by atoms with E-state index in [1.807, 2.05) is 39.3 Å². The fourth-order valence-corrected chi connectivity index (χ4v) is 3.83.